The van der Waals surface area contributed by atoms with Crippen molar-refractivity contribution in [3.63, 3.8) is 0 Å². The van der Waals surface area contributed by atoms with Gasteiger partial charge in [0.25, 0.3) is 0 Å². The van der Waals surface area contributed by atoms with Crippen molar-refractivity contribution in [2.75, 3.05) is 20.1 Å². The minimum Gasteiger partial charge on any atom is -0.490 e. The lowest BCUT2D eigenvalue weighted by Gasteiger charge is -2.29. The average Bonchev–Trinajstić information content (AvgIpc) is 2.44. The van der Waals surface area contributed by atoms with E-state index in [-0.39, 0.29) is 0 Å². The summed E-state index contributed by atoms with van der Waals surface area (Å²) in [4.78, 5) is 2.36. The van der Waals surface area contributed by atoms with E-state index in [0.29, 0.717) is 12.0 Å². The molecule has 0 aliphatic carbocycles. The molecule has 108 valence electrons. The Morgan fingerprint density at radius 2 is 1.58 bits per heavy atom. The predicted molar refractivity (Wildman–Crippen MR) is 83.0 cm³/mol. The van der Waals surface area contributed by atoms with Gasteiger partial charge in [-0.1, -0.05) is 39.8 Å². The first-order valence-electron chi connectivity index (χ1n) is 7.60. The third-order valence-corrected chi connectivity index (χ3v) is 3.52. The van der Waals surface area contributed by atoms with E-state index in [9.17, 15) is 0 Å². The van der Waals surface area contributed by atoms with Crippen LogP contribution >= 0.6 is 0 Å². The highest BCUT2D eigenvalue weighted by molar-refractivity contribution is 5.29. The molecule has 0 unspecified atom stereocenters. The van der Waals surface area contributed by atoms with E-state index in [1.54, 1.807) is 0 Å². The third-order valence-electron chi connectivity index (χ3n) is 3.52. The Morgan fingerprint density at radius 1 is 1.05 bits per heavy atom. The highest BCUT2D eigenvalue weighted by atomic mass is 16.5. The number of hydrogen-bond acceptors (Lipinski definition) is 2. The lowest BCUT2D eigenvalue weighted by molar-refractivity contribution is 0.114. The van der Waals surface area contributed by atoms with Crippen LogP contribution in [0.4, 0.5) is 0 Å². The standard InChI is InChI=1S/C15H23NO.C2H6/c1-12(2)13-4-6-14(7-5-13)17-15-8-10-16(3)11-9-15;1-2/h4-7,12,15H,8-11H2,1-3H3;1-2H3. The molecule has 19 heavy (non-hydrogen) atoms. The summed E-state index contributed by atoms with van der Waals surface area (Å²) in [6, 6.07) is 8.56. The highest BCUT2D eigenvalue weighted by Crippen LogP contribution is 2.21. The highest BCUT2D eigenvalue weighted by Gasteiger charge is 2.17. The lowest BCUT2D eigenvalue weighted by atomic mass is 10.0. The maximum Gasteiger partial charge on any atom is 0.119 e. The molecule has 0 saturated carbocycles. The SMILES string of the molecule is CC.CC(C)c1ccc(OC2CCN(C)CC2)cc1. The van der Waals surface area contributed by atoms with Crippen LogP contribution in [0.5, 0.6) is 5.75 Å². The molecular formula is C17H29NO. The monoisotopic (exact) mass is 263 g/mol. The van der Waals surface area contributed by atoms with Gasteiger partial charge >= 0.3 is 0 Å². The first kappa shape index (κ1) is 16.0. The van der Waals surface area contributed by atoms with Crippen molar-refractivity contribution in [1.82, 2.24) is 4.90 Å². The van der Waals surface area contributed by atoms with Crippen molar-refractivity contribution in [2.45, 2.75) is 52.6 Å². The number of ether oxygens (including phenoxy) is 1. The number of nitrogens with zero attached hydrogens (tertiary/aromatic N) is 1. The zero-order chi connectivity index (χ0) is 14.3. The molecule has 2 nitrogen and oxygen atoms in total. The van der Waals surface area contributed by atoms with Crippen molar-refractivity contribution in [3.05, 3.63) is 29.8 Å². The van der Waals surface area contributed by atoms with E-state index in [4.69, 9.17) is 4.74 Å². The maximum absolute atomic E-state index is 6.01. The zero-order valence-electron chi connectivity index (χ0n) is 13.1. The van der Waals surface area contributed by atoms with Crippen LogP contribution in [-0.4, -0.2) is 31.1 Å². The van der Waals surface area contributed by atoms with Gasteiger partial charge in [0.2, 0.25) is 0 Å². The molecule has 0 spiro atoms. The van der Waals surface area contributed by atoms with E-state index in [1.165, 1.54) is 5.56 Å². The fourth-order valence-corrected chi connectivity index (χ4v) is 2.23. The summed E-state index contributed by atoms with van der Waals surface area (Å²) in [6.45, 7) is 10.7. The van der Waals surface area contributed by atoms with Crippen LogP contribution in [0.25, 0.3) is 0 Å². The van der Waals surface area contributed by atoms with Gasteiger partial charge in [-0.25, -0.2) is 0 Å². The topological polar surface area (TPSA) is 12.5 Å². The molecule has 0 aromatic heterocycles. The van der Waals surface area contributed by atoms with Crippen molar-refractivity contribution in [1.29, 1.82) is 0 Å². The quantitative estimate of drug-likeness (QED) is 0.805. The third kappa shape index (κ3) is 5.23. The maximum atomic E-state index is 6.01. The fraction of sp³-hybridized carbons (Fsp3) is 0.647. The van der Waals surface area contributed by atoms with E-state index >= 15 is 0 Å². The van der Waals surface area contributed by atoms with Gasteiger partial charge in [0.15, 0.2) is 0 Å². The molecule has 0 bridgehead atoms. The largest absolute Gasteiger partial charge is 0.490 e. The molecule has 0 N–H and O–H groups in total. The molecule has 1 aliphatic heterocycles. The summed E-state index contributed by atoms with van der Waals surface area (Å²) in [5, 5.41) is 0. The minimum absolute atomic E-state index is 0.399. The van der Waals surface area contributed by atoms with E-state index in [2.05, 4.69) is 50.1 Å². The van der Waals surface area contributed by atoms with Gasteiger partial charge in [0, 0.05) is 13.1 Å². The van der Waals surface area contributed by atoms with Crippen molar-refractivity contribution >= 4 is 0 Å². The second-order valence-electron chi connectivity index (χ2n) is 5.34. The van der Waals surface area contributed by atoms with Crippen molar-refractivity contribution < 1.29 is 4.74 Å². The van der Waals surface area contributed by atoms with Crippen molar-refractivity contribution in [2.24, 2.45) is 0 Å². The van der Waals surface area contributed by atoms with Crippen LogP contribution in [-0.2, 0) is 0 Å². The lowest BCUT2D eigenvalue weighted by Crippen LogP contribution is -2.35. The molecule has 2 rings (SSSR count). The Hall–Kier alpha value is -1.02. The summed E-state index contributed by atoms with van der Waals surface area (Å²) < 4.78 is 6.01. The van der Waals surface area contributed by atoms with Gasteiger partial charge in [-0.2, -0.15) is 0 Å². The van der Waals surface area contributed by atoms with Gasteiger partial charge in [-0.15, -0.1) is 0 Å². The summed E-state index contributed by atoms with van der Waals surface area (Å²) in [5.74, 6) is 1.61. The van der Waals surface area contributed by atoms with Crippen LogP contribution in [0.15, 0.2) is 24.3 Å². The Bertz CT molecular complexity index is 337. The molecule has 2 heteroatoms. The van der Waals surface area contributed by atoms with Gasteiger partial charge in [0.05, 0.1) is 0 Å². The molecule has 1 heterocycles. The summed E-state index contributed by atoms with van der Waals surface area (Å²) >= 11 is 0. The molecule has 0 radical (unpaired) electrons. The van der Waals surface area contributed by atoms with Crippen LogP contribution in [0.1, 0.15) is 52.0 Å². The number of hydrogen-bond donors (Lipinski definition) is 0. The summed E-state index contributed by atoms with van der Waals surface area (Å²) in [7, 11) is 2.17. The number of benzene rings is 1. The van der Waals surface area contributed by atoms with Gasteiger partial charge in [-0.05, 0) is 43.5 Å². The second-order valence-corrected chi connectivity index (χ2v) is 5.34. The fourth-order valence-electron chi connectivity index (χ4n) is 2.23. The first-order valence-corrected chi connectivity index (χ1v) is 7.60. The Kier molecular flexibility index (Phi) is 6.93. The first-order chi connectivity index (χ1) is 9.15. The van der Waals surface area contributed by atoms with Crippen LogP contribution in [0.3, 0.4) is 0 Å². The van der Waals surface area contributed by atoms with Crippen molar-refractivity contribution in [3.8, 4) is 5.75 Å². The zero-order valence-corrected chi connectivity index (χ0v) is 13.1. The van der Waals surface area contributed by atoms with Gasteiger partial charge in [-0.3, -0.25) is 0 Å². The van der Waals surface area contributed by atoms with E-state index in [0.717, 1.165) is 31.7 Å². The predicted octanol–water partition coefficient (Wildman–Crippen LogP) is 4.31. The number of piperidine rings is 1. The molecule has 1 aliphatic rings. The van der Waals surface area contributed by atoms with Gasteiger partial charge < -0.3 is 9.64 Å². The molecule has 1 fully saturated rings. The molecule has 0 atom stereocenters. The Labute approximate surface area is 118 Å². The Balaban J connectivity index is 0.000000861. The molecule has 1 aromatic rings. The Morgan fingerprint density at radius 3 is 2.05 bits per heavy atom. The minimum atomic E-state index is 0.399. The second kappa shape index (κ2) is 8.21. The summed E-state index contributed by atoms with van der Waals surface area (Å²) in [5.41, 5.74) is 1.38. The van der Waals surface area contributed by atoms with Crippen LogP contribution in [0.2, 0.25) is 0 Å². The molecule has 1 saturated heterocycles. The summed E-state index contributed by atoms with van der Waals surface area (Å²) in [6.07, 6.45) is 2.68. The molecular weight excluding hydrogens is 234 g/mol. The van der Waals surface area contributed by atoms with E-state index < -0.39 is 0 Å². The molecule has 0 amide bonds. The average molecular weight is 263 g/mol. The van der Waals surface area contributed by atoms with E-state index in [1.807, 2.05) is 13.8 Å². The smallest absolute Gasteiger partial charge is 0.119 e. The molecule has 1 aromatic carbocycles. The normalized spacial score (nSPS) is 16.9. The van der Waals surface area contributed by atoms with Crippen LogP contribution < -0.4 is 4.74 Å². The van der Waals surface area contributed by atoms with Gasteiger partial charge in [0.1, 0.15) is 11.9 Å². The van der Waals surface area contributed by atoms with Crippen LogP contribution in [0, 0.1) is 0 Å². The number of likely N-dealkylation sites (tertiary alicyclic amines) is 1. The number of rotatable bonds is 3.